The minimum absolute atomic E-state index is 0.0935. The number of cyclic esters (lactones) is 1. The van der Waals surface area contributed by atoms with Crippen molar-refractivity contribution in [3.63, 3.8) is 0 Å². The summed E-state index contributed by atoms with van der Waals surface area (Å²) >= 11 is 0. The summed E-state index contributed by atoms with van der Waals surface area (Å²) < 4.78 is 53.3. The Morgan fingerprint density at radius 3 is 2.31 bits per heavy atom. The topological polar surface area (TPSA) is 47.6 Å². The lowest BCUT2D eigenvalue weighted by atomic mass is 9.72. The molecule has 1 aliphatic carbocycles. The van der Waals surface area contributed by atoms with Crippen LogP contribution in [0.5, 0.6) is 5.75 Å². The third-order valence-corrected chi connectivity index (χ3v) is 6.96. The second kappa shape index (κ2) is 7.85. The minimum Gasteiger partial charge on any atom is -0.490 e. The van der Waals surface area contributed by atoms with Crippen molar-refractivity contribution in [2.45, 2.75) is 71.2 Å². The molecular weight excluding hydrogens is 419 g/mol. The number of amides is 1. The molecule has 1 saturated carbocycles. The Hall–Kier alpha value is -2.44. The Balaban J connectivity index is 1.64. The van der Waals surface area contributed by atoms with Crippen LogP contribution in [0.4, 0.5) is 18.0 Å². The highest BCUT2D eigenvalue weighted by Crippen LogP contribution is 2.44. The molecule has 2 aliphatic rings. The van der Waals surface area contributed by atoms with Crippen LogP contribution in [-0.4, -0.2) is 18.8 Å². The van der Waals surface area contributed by atoms with Crippen LogP contribution in [0.1, 0.15) is 64.5 Å². The van der Waals surface area contributed by atoms with Crippen molar-refractivity contribution in [1.82, 2.24) is 5.32 Å². The molecule has 7 heteroatoms. The van der Waals surface area contributed by atoms with Crippen LogP contribution in [0, 0.1) is 11.3 Å². The van der Waals surface area contributed by atoms with E-state index in [0.717, 1.165) is 25.7 Å². The van der Waals surface area contributed by atoms with Crippen molar-refractivity contribution in [1.29, 1.82) is 0 Å². The molecule has 0 bridgehead atoms. The molecule has 2 fully saturated rings. The highest BCUT2D eigenvalue weighted by atomic mass is 19.4. The van der Waals surface area contributed by atoms with Crippen LogP contribution < -0.4 is 10.1 Å². The van der Waals surface area contributed by atoms with E-state index in [-0.39, 0.29) is 29.3 Å². The van der Waals surface area contributed by atoms with Gasteiger partial charge in [0.1, 0.15) is 17.9 Å². The first-order valence-corrected chi connectivity index (χ1v) is 11.1. The third-order valence-electron chi connectivity index (χ3n) is 6.96. The second-order valence-electron chi connectivity index (χ2n) is 10.4. The van der Waals surface area contributed by atoms with Crippen LogP contribution >= 0.6 is 0 Å². The number of carbonyl (C=O) groups excluding carboxylic acids is 1. The summed E-state index contributed by atoms with van der Waals surface area (Å²) in [5.41, 5.74) is -0.622. The van der Waals surface area contributed by atoms with E-state index in [1.807, 2.05) is 0 Å². The summed E-state index contributed by atoms with van der Waals surface area (Å²) in [6.07, 6.45) is -1.86. The van der Waals surface area contributed by atoms with Gasteiger partial charge in [-0.25, -0.2) is 4.79 Å². The van der Waals surface area contributed by atoms with Gasteiger partial charge in [-0.1, -0.05) is 39.0 Å². The van der Waals surface area contributed by atoms with E-state index >= 15 is 0 Å². The summed E-state index contributed by atoms with van der Waals surface area (Å²) in [5, 5.41) is 3.27. The number of ether oxygens (including phenoxy) is 2. The molecule has 0 aromatic heterocycles. The molecule has 1 saturated heterocycles. The fraction of sp³-hybridized carbons (Fsp3) is 0.560. The summed E-state index contributed by atoms with van der Waals surface area (Å²) in [6, 6.07) is 7.84. The van der Waals surface area contributed by atoms with E-state index in [2.05, 4.69) is 26.1 Å². The quantitative estimate of drug-likeness (QED) is 0.561. The van der Waals surface area contributed by atoms with Crippen LogP contribution in [0.25, 0.3) is 10.8 Å². The van der Waals surface area contributed by atoms with Gasteiger partial charge in [0, 0.05) is 0 Å². The molecule has 2 aromatic carbocycles. The monoisotopic (exact) mass is 449 g/mol. The number of hydrogen-bond donors (Lipinski definition) is 1. The molecule has 1 N–H and O–H groups in total. The number of hydrogen-bond acceptors (Lipinski definition) is 3. The highest BCUT2D eigenvalue weighted by Gasteiger charge is 2.40. The number of nitrogens with one attached hydrogen (secondary N) is 1. The highest BCUT2D eigenvalue weighted by molar-refractivity contribution is 5.89. The van der Waals surface area contributed by atoms with Gasteiger partial charge in [0.25, 0.3) is 0 Å². The summed E-state index contributed by atoms with van der Waals surface area (Å²) in [4.78, 5) is 11.5. The predicted molar refractivity (Wildman–Crippen MR) is 117 cm³/mol. The summed E-state index contributed by atoms with van der Waals surface area (Å²) in [6.45, 7) is 8.54. The van der Waals surface area contributed by atoms with Crippen molar-refractivity contribution in [2.75, 3.05) is 6.61 Å². The molecule has 174 valence electrons. The lowest BCUT2D eigenvalue weighted by Gasteiger charge is -2.37. The van der Waals surface area contributed by atoms with Crippen molar-refractivity contribution in [2.24, 2.45) is 11.3 Å². The first kappa shape index (κ1) is 22.7. The maximum Gasteiger partial charge on any atom is 0.420 e. The largest absolute Gasteiger partial charge is 0.490 e. The maximum atomic E-state index is 14.1. The zero-order chi connectivity index (χ0) is 23.3. The average molecular weight is 450 g/mol. The number of alkyl carbamates (subject to hydrolysis) is 1. The van der Waals surface area contributed by atoms with Crippen LogP contribution in [0.15, 0.2) is 30.3 Å². The van der Waals surface area contributed by atoms with E-state index in [0.29, 0.717) is 16.9 Å². The Kier molecular flexibility index (Phi) is 5.58. The van der Waals surface area contributed by atoms with Gasteiger partial charge in [0.15, 0.2) is 0 Å². The molecule has 2 aromatic rings. The van der Waals surface area contributed by atoms with E-state index in [1.165, 1.54) is 12.1 Å². The number of rotatable bonds is 3. The Morgan fingerprint density at radius 2 is 1.75 bits per heavy atom. The predicted octanol–water partition coefficient (Wildman–Crippen LogP) is 6.80. The van der Waals surface area contributed by atoms with E-state index < -0.39 is 23.4 Å². The molecule has 1 amide bonds. The molecule has 1 aliphatic heterocycles. The van der Waals surface area contributed by atoms with E-state index in [1.54, 1.807) is 25.1 Å². The van der Waals surface area contributed by atoms with Gasteiger partial charge in [-0.15, -0.1) is 0 Å². The summed E-state index contributed by atoms with van der Waals surface area (Å²) in [7, 11) is 0. The van der Waals surface area contributed by atoms with Gasteiger partial charge < -0.3 is 14.8 Å². The number of fused-ring (bicyclic) bond motifs is 1. The SMILES string of the molecule is CC(C)(C)C1CCC(Oc2ccc3cc([C@@]4(C)COC(=O)N4)ccc3c2C(F)(F)F)CC1. The van der Waals surface area contributed by atoms with Crippen LogP contribution in [-0.2, 0) is 16.5 Å². The fourth-order valence-electron chi connectivity index (χ4n) is 4.93. The normalized spacial score (nSPS) is 26.7. The molecule has 32 heavy (non-hydrogen) atoms. The van der Waals surface area contributed by atoms with Gasteiger partial charge >= 0.3 is 12.3 Å². The first-order valence-electron chi connectivity index (χ1n) is 11.1. The van der Waals surface area contributed by atoms with E-state index in [9.17, 15) is 18.0 Å². The Labute approximate surface area is 186 Å². The van der Waals surface area contributed by atoms with Crippen molar-refractivity contribution >= 4 is 16.9 Å². The molecule has 0 radical (unpaired) electrons. The standard InChI is InChI=1S/C25H30F3NO3/c1-23(2,3)16-6-9-18(10-7-16)32-20-12-5-15-13-17(24(4)14-31-22(30)29-24)8-11-19(15)21(20)25(26,27)28/h5,8,11-13,16,18H,6-7,9-10,14H2,1-4H3,(H,29,30)/t16?,18?,24-/m1/s1. The fourth-order valence-corrected chi connectivity index (χ4v) is 4.93. The molecule has 1 heterocycles. The lowest BCUT2D eigenvalue weighted by molar-refractivity contribution is -0.138. The Morgan fingerprint density at radius 1 is 1.06 bits per heavy atom. The second-order valence-corrected chi connectivity index (χ2v) is 10.4. The molecule has 0 spiro atoms. The molecule has 0 unspecified atom stereocenters. The molecule has 4 nitrogen and oxygen atoms in total. The van der Waals surface area contributed by atoms with Crippen LogP contribution in [0.3, 0.4) is 0 Å². The lowest BCUT2D eigenvalue weighted by Crippen LogP contribution is -2.37. The van der Waals surface area contributed by atoms with Gasteiger partial charge in [0.05, 0.1) is 11.6 Å². The molecule has 1 atom stereocenters. The van der Waals surface area contributed by atoms with Crippen molar-refractivity contribution in [3.05, 3.63) is 41.5 Å². The zero-order valence-electron chi connectivity index (χ0n) is 18.9. The van der Waals surface area contributed by atoms with E-state index in [4.69, 9.17) is 9.47 Å². The van der Waals surface area contributed by atoms with Crippen molar-refractivity contribution in [3.8, 4) is 5.75 Å². The number of carbonyl (C=O) groups is 1. The van der Waals surface area contributed by atoms with Gasteiger partial charge in [-0.3, -0.25) is 0 Å². The summed E-state index contributed by atoms with van der Waals surface area (Å²) in [5.74, 6) is 0.446. The van der Waals surface area contributed by atoms with Gasteiger partial charge in [0.2, 0.25) is 0 Å². The maximum absolute atomic E-state index is 14.1. The minimum atomic E-state index is -4.55. The van der Waals surface area contributed by atoms with Crippen molar-refractivity contribution < 1.29 is 27.4 Å². The van der Waals surface area contributed by atoms with Crippen LogP contribution in [0.2, 0.25) is 0 Å². The smallest absolute Gasteiger partial charge is 0.420 e. The van der Waals surface area contributed by atoms with Gasteiger partial charge in [-0.05, 0) is 72.4 Å². The number of benzene rings is 2. The zero-order valence-corrected chi connectivity index (χ0v) is 18.9. The first-order chi connectivity index (χ1) is 14.9. The van der Waals surface area contributed by atoms with Gasteiger partial charge in [-0.2, -0.15) is 13.2 Å². The number of alkyl halides is 3. The Bertz CT molecular complexity index is 1020. The third kappa shape index (κ3) is 4.39. The average Bonchev–Trinajstić information content (AvgIpc) is 3.06. The molecular formula is C25H30F3NO3. The molecule has 4 rings (SSSR count). The number of halogens is 3.